The third kappa shape index (κ3) is 5.36. The number of hydrogen-bond donors (Lipinski definition) is 2. The Balaban J connectivity index is 0.00000243. The number of ether oxygens (including phenoxy) is 1. The molecule has 2 N–H and O–H groups in total. The lowest BCUT2D eigenvalue weighted by atomic mass is 10.1. The van der Waals surface area contributed by atoms with Gasteiger partial charge in [0.25, 0.3) is 0 Å². The van der Waals surface area contributed by atoms with E-state index < -0.39 is 0 Å². The van der Waals surface area contributed by atoms with Gasteiger partial charge in [0.2, 0.25) is 0 Å². The van der Waals surface area contributed by atoms with Crippen LogP contribution in [0, 0.1) is 6.92 Å². The highest BCUT2D eigenvalue weighted by molar-refractivity contribution is 14.0. The van der Waals surface area contributed by atoms with Crippen molar-refractivity contribution in [3.8, 4) is 0 Å². The summed E-state index contributed by atoms with van der Waals surface area (Å²) in [5.74, 6) is 2.62. The van der Waals surface area contributed by atoms with E-state index >= 15 is 0 Å². The number of nitrogens with zero attached hydrogens (tertiary/aromatic N) is 5. The molecule has 3 heterocycles. The van der Waals surface area contributed by atoms with Crippen LogP contribution < -0.4 is 10.6 Å². The Morgan fingerprint density at radius 2 is 2.35 bits per heavy atom. The number of halogens is 1. The molecule has 10 heteroatoms. The van der Waals surface area contributed by atoms with Gasteiger partial charge in [-0.25, -0.2) is 19.6 Å². The fourth-order valence-corrected chi connectivity index (χ4v) is 3.51. The smallest absolute Gasteiger partial charge is 0.191 e. The van der Waals surface area contributed by atoms with E-state index in [1.54, 1.807) is 18.4 Å². The fourth-order valence-electron chi connectivity index (χ4n) is 2.81. The summed E-state index contributed by atoms with van der Waals surface area (Å²) >= 11 is 1.65. The number of aliphatic imine (C=N–C) groups is 1. The van der Waals surface area contributed by atoms with Gasteiger partial charge >= 0.3 is 0 Å². The maximum atomic E-state index is 5.12. The molecule has 144 valence electrons. The number of rotatable bonds is 6. The van der Waals surface area contributed by atoms with Gasteiger partial charge in [-0.05, 0) is 20.3 Å². The van der Waals surface area contributed by atoms with Gasteiger partial charge in [0, 0.05) is 31.0 Å². The summed E-state index contributed by atoms with van der Waals surface area (Å²) in [4.78, 5) is 14.7. The molecule has 0 spiro atoms. The summed E-state index contributed by atoms with van der Waals surface area (Å²) in [6.07, 6.45) is 1.91. The molecule has 1 atom stereocenters. The number of thiazole rings is 1. The molecule has 0 aromatic carbocycles. The highest BCUT2D eigenvalue weighted by Gasteiger charge is 2.22. The average molecular weight is 491 g/mol. The standard InChI is InChI=1S/C16H25N7OS.HI/c1-4-17-16(18-7-13-11(2)19-10-25-13)20-12-5-6-15-21-14(9-24-3)22-23(15)8-12;/h10,12H,4-9H2,1-3H3,(H2,17,18,20);1H. The number of fused-ring (bicyclic) bond motifs is 1. The van der Waals surface area contributed by atoms with Crippen LogP contribution in [0.2, 0.25) is 0 Å². The van der Waals surface area contributed by atoms with Crippen LogP contribution in [0.5, 0.6) is 0 Å². The molecular formula is C16H26IN7OS. The summed E-state index contributed by atoms with van der Waals surface area (Å²) in [5, 5.41) is 11.4. The van der Waals surface area contributed by atoms with Crippen LogP contribution in [0.25, 0.3) is 0 Å². The van der Waals surface area contributed by atoms with Gasteiger partial charge in [-0.15, -0.1) is 35.3 Å². The van der Waals surface area contributed by atoms with E-state index in [1.165, 1.54) is 4.88 Å². The Kier molecular flexibility index (Phi) is 8.22. The first kappa shape index (κ1) is 21.0. The zero-order chi connectivity index (χ0) is 17.6. The predicted molar refractivity (Wildman–Crippen MR) is 113 cm³/mol. The van der Waals surface area contributed by atoms with Crippen molar-refractivity contribution in [3.63, 3.8) is 0 Å². The van der Waals surface area contributed by atoms with Gasteiger partial charge < -0.3 is 15.4 Å². The topological polar surface area (TPSA) is 89.2 Å². The third-order valence-electron chi connectivity index (χ3n) is 4.09. The SMILES string of the molecule is CCNC(=NCc1scnc1C)NC1CCc2nc(COC)nn2C1.I. The lowest BCUT2D eigenvalue weighted by Crippen LogP contribution is -2.47. The summed E-state index contributed by atoms with van der Waals surface area (Å²) in [6, 6.07) is 0.282. The van der Waals surface area contributed by atoms with E-state index in [9.17, 15) is 0 Å². The molecule has 0 fully saturated rings. The molecular weight excluding hydrogens is 465 g/mol. The van der Waals surface area contributed by atoms with Gasteiger partial charge in [-0.1, -0.05) is 0 Å². The molecule has 1 aliphatic heterocycles. The van der Waals surface area contributed by atoms with E-state index in [0.717, 1.165) is 49.2 Å². The lowest BCUT2D eigenvalue weighted by Gasteiger charge is -2.25. The maximum absolute atomic E-state index is 5.12. The van der Waals surface area contributed by atoms with Gasteiger partial charge in [-0.3, -0.25) is 0 Å². The number of aromatic nitrogens is 4. The molecule has 0 bridgehead atoms. The van der Waals surface area contributed by atoms with Crippen molar-refractivity contribution < 1.29 is 4.74 Å². The molecule has 0 aliphatic carbocycles. The Morgan fingerprint density at radius 3 is 3.04 bits per heavy atom. The minimum absolute atomic E-state index is 0. The van der Waals surface area contributed by atoms with E-state index in [0.29, 0.717) is 13.2 Å². The van der Waals surface area contributed by atoms with Crippen LogP contribution in [-0.4, -0.2) is 45.4 Å². The molecule has 3 rings (SSSR count). The molecule has 2 aromatic heterocycles. The molecule has 0 radical (unpaired) electrons. The molecule has 26 heavy (non-hydrogen) atoms. The molecule has 1 unspecified atom stereocenters. The predicted octanol–water partition coefficient (Wildman–Crippen LogP) is 1.88. The number of guanidine groups is 1. The largest absolute Gasteiger partial charge is 0.377 e. The average Bonchev–Trinajstić information content (AvgIpc) is 3.18. The summed E-state index contributed by atoms with van der Waals surface area (Å²) in [7, 11) is 1.66. The van der Waals surface area contributed by atoms with Gasteiger partial charge in [0.1, 0.15) is 12.4 Å². The van der Waals surface area contributed by atoms with E-state index in [4.69, 9.17) is 9.73 Å². The quantitative estimate of drug-likeness (QED) is 0.365. The van der Waals surface area contributed by atoms with E-state index in [1.807, 2.05) is 17.1 Å². The van der Waals surface area contributed by atoms with E-state index in [2.05, 4.69) is 32.6 Å². The third-order valence-corrected chi connectivity index (χ3v) is 5.01. The first-order valence-corrected chi connectivity index (χ1v) is 9.43. The molecule has 1 aliphatic rings. The van der Waals surface area contributed by atoms with Crippen LogP contribution in [0.1, 0.15) is 35.6 Å². The Bertz CT molecular complexity index is 730. The van der Waals surface area contributed by atoms with Crippen LogP contribution in [0.3, 0.4) is 0 Å². The van der Waals surface area contributed by atoms with Gasteiger partial charge in [0.15, 0.2) is 11.8 Å². The van der Waals surface area contributed by atoms with Crippen LogP contribution in [-0.2, 0) is 30.9 Å². The Hall–Kier alpha value is -1.27. The van der Waals surface area contributed by atoms with E-state index in [-0.39, 0.29) is 30.0 Å². The summed E-state index contributed by atoms with van der Waals surface area (Å²) < 4.78 is 7.10. The second-order valence-electron chi connectivity index (χ2n) is 6.00. The molecule has 8 nitrogen and oxygen atoms in total. The summed E-state index contributed by atoms with van der Waals surface area (Å²) in [6.45, 7) is 6.81. The van der Waals surface area contributed by atoms with Crippen LogP contribution in [0.4, 0.5) is 0 Å². The fraction of sp³-hybridized carbons (Fsp3) is 0.625. The number of hydrogen-bond acceptors (Lipinski definition) is 6. The van der Waals surface area contributed by atoms with Crippen molar-refractivity contribution in [2.75, 3.05) is 13.7 Å². The number of methoxy groups -OCH3 is 1. The lowest BCUT2D eigenvalue weighted by molar-refractivity contribution is 0.177. The van der Waals surface area contributed by atoms with Crippen molar-refractivity contribution in [1.82, 2.24) is 30.4 Å². The maximum Gasteiger partial charge on any atom is 0.191 e. The summed E-state index contributed by atoms with van der Waals surface area (Å²) in [5.41, 5.74) is 2.92. The van der Waals surface area contributed by atoms with Gasteiger partial charge in [-0.2, -0.15) is 5.10 Å². The van der Waals surface area contributed by atoms with Crippen molar-refractivity contribution in [2.24, 2.45) is 4.99 Å². The molecule has 0 amide bonds. The number of nitrogens with one attached hydrogen (secondary N) is 2. The van der Waals surface area contributed by atoms with Crippen LogP contribution in [0.15, 0.2) is 10.5 Å². The minimum atomic E-state index is 0. The second-order valence-corrected chi connectivity index (χ2v) is 6.93. The zero-order valence-corrected chi connectivity index (χ0v) is 18.5. The second kappa shape index (κ2) is 10.2. The molecule has 0 saturated carbocycles. The van der Waals surface area contributed by atoms with Crippen molar-refractivity contribution in [3.05, 3.63) is 27.7 Å². The molecule has 0 saturated heterocycles. The van der Waals surface area contributed by atoms with Crippen molar-refractivity contribution in [1.29, 1.82) is 0 Å². The van der Waals surface area contributed by atoms with Gasteiger partial charge in [0.05, 0.1) is 24.3 Å². The van der Waals surface area contributed by atoms with Crippen molar-refractivity contribution >= 4 is 41.3 Å². The zero-order valence-electron chi connectivity index (χ0n) is 15.4. The highest BCUT2D eigenvalue weighted by Crippen LogP contribution is 2.15. The monoisotopic (exact) mass is 491 g/mol. The molecule has 2 aromatic rings. The Morgan fingerprint density at radius 1 is 1.50 bits per heavy atom. The Labute approximate surface area is 174 Å². The minimum Gasteiger partial charge on any atom is -0.377 e. The number of aryl methyl sites for hydroxylation is 2. The first-order valence-electron chi connectivity index (χ1n) is 8.55. The van der Waals surface area contributed by atoms with Crippen molar-refractivity contribution in [2.45, 2.75) is 52.4 Å². The van der Waals surface area contributed by atoms with Crippen LogP contribution >= 0.6 is 35.3 Å². The normalized spacial score (nSPS) is 16.7. The first-order chi connectivity index (χ1) is 12.2. The highest BCUT2D eigenvalue weighted by atomic mass is 127.